The highest BCUT2D eigenvalue weighted by Gasteiger charge is 2.25. The maximum atomic E-state index is 4.85. The van der Waals surface area contributed by atoms with Gasteiger partial charge in [-0.2, -0.15) is 0 Å². The lowest BCUT2D eigenvalue weighted by Gasteiger charge is -2.35. The lowest BCUT2D eigenvalue weighted by atomic mass is 9.96. The lowest BCUT2D eigenvalue weighted by Crippen LogP contribution is -2.39. The van der Waals surface area contributed by atoms with Crippen molar-refractivity contribution < 1.29 is 0 Å². The molecular weight excluding hydrogens is 220 g/mol. The van der Waals surface area contributed by atoms with Crippen LogP contribution in [-0.4, -0.2) is 17.3 Å². The number of amidine groups is 1. The summed E-state index contributed by atoms with van der Waals surface area (Å²) in [6.45, 7) is 2.06. The highest BCUT2D eigenvalue weighted by Crippen LogP contribution is 2.31. The second kappa shape index (κ2) is 3.70. The van der Waals surface area contributed by atoms with Crippen molar-refractivity contribution in [1.82, 2.24) is 4.90 Å². The van der Waals surface area contributed by atoms with Crippen molar-refractivity contribution in [3.8, 4) is 0 Å². The van der Waals surface area contributed by atoms with E-state index in [4.69, 9.17) is 4.99 Å². The Morgan fingerprint density at radius 3 is 2.61 bits per heavy atom. The van der Waals surface area contributed by atoms with Crippen LogP contribution >= 0.6 is 0 Å². The monoisotopic (exact) mass is 234 g/mol. The van der Waals surface area contributed by atoms with E-state index < -0.39 is 0 Å². The van der Waals surface area contributed by atoms with Gasteiger partial charge in [0.2, 0.25) is 0 Å². The van der Waals surface area contributed by atoms with Crippen LogP contribution in [0.4, 0.5) is 5.69 Å². The van der Waals surface area contributed by atoms with E-state index in [1.165, 1.54) is 16.7 Å². The zero-order valence-corrected chi connectivity index (χ0v) is 10.1. The molecule has 2 aliphatic rings. The highest BCUT2D eigenvalue weighted by atomic mass is 15.2. The molecule has 2 aromatic carbocycles. The van der Waals surface area contributed by atoms with E-state index in [2.05, 4.69) is 53.4 Å². The maximum absolute atomic E-state index is 4.85. The summed E-state index contributed by atoms with van der Waals surface area (Å²) in [6.07, 6.45) is 1.12. The van der Waals surface area contributed by atoms with Gasteiger partial charge in [0.15, 0.2) is 0 Å². The van der Waals surface area contributed by atoms with Crippen LogP contribution in [0.2, 0.25) is 0 Å². The van der Waals surface area contributed by atoms with Crippen molar-refractivity contribution in [3.63, 3.8) is 0 Å². The number of nitrogens with zero attached hydrogens (tertiary/aromatic N) is 2. The average molecular weight is 234 g/mol. The van der Waals surface area contributed by atoms with Crippen molar-refractivity contribution >= 4 is 11.5 Å². The van der Waals surface area contributed by atoms with Gasteiger partial charge in [-0.25, -0.2) is 4.99 Å². The molecule has 4 rings (SSSR count). The molecule has 0 bridgehead atoms. The van der Waals surface area contributed by atoms with E-state index in [0.717, 1.165) is 31.0 Å². The third kappa shape index (κ3) is 1.39. The van der Waals surface area contributed by atoms with Gasteiger partial charge in [0.1, 0.15) is 5.84 Å². The number of rotatable bonds is 0. The summed E-state index contributed by atoms with van der Waals surface area (Å²) in [5, 5.41) is 0. The molecule has 2 heterocycles. The maximum Gasteiger partial charge on any atom is 0.137 e. The Bertz CT molecular complexity index is 643. The molecule has 0 radical (unpaired) electrons. The van der Waals surface area contributed by atoms with Gasteiger partial charge >= 0.3 is 0 Å². The Morgan fingerprint density at radius 2 is 1.67 bits per heavy atom. The molecule has 0 spiro atoms. The zero-order valence-electron chi connectivity index (χ0n) is 10.1. The molecule has 0 fully saturated rings. The van der Waals surface area contributed by atoms with E-state index in [0.29, 0.717) is 0 Å². The Balaban J connectivity index is 1.91. The van der Waals surface area contributed by atoms with Crippen LogP contribution in [0, 0.1) is 0 Å². The molecule has 0 amide bonds. The molecular formula is C16H14N2. The van der Waals surface area contributed by atoms with Crippen LogP contribution < -0.4 is 0 Å². The molecule has 0 atom stereocenters. The summed E-state index contributed by atoms with van der Waals surface area (Å²) >= 11 is 0. The van der Waals surface area contributed by atoms with Crippen LogP contribution in [-0.2, 0) is 13.0 Å². The van der Waals surface area contributed by atoms with Gasteiger partial charge in [0.25, 0.3) is 0 Å². The number of fused-ring (bicyclic) bond motifs is 4. The first kappa shape index (κ1) is 9.89. The molecule has 0 N–H and O–H groups in total. The standard InChI is InChI=1S/C16H14N2/c1-3-7-14-12(5-1)9-10-18-11-13-6-2-4-8-15(13)17-16(14)18/h1-8H,9-11H2. The van der Waals surface area contributed by atoms with Crippen LogP contribution in [0.3, 0.4) is 0 Å². The van der Waals surface area contributed by atoms with Crippen LogP contribution in [0.5, 0.6) is 0 Å². The number of benzene rings is 2. The minimum absolute atomic E-state index is 0.989. The number of aliphatic imine (C=N–C) groups is 1. The summed E-state index contributed by atoms with van der Waals surface area (Å²) in [6, 6.07) is 17.1. The molecule has 0 saturated carbocycles. The van der Waals surface area contributed by atoms with Gasteiger partial charge in [-0.1, -0.05) is 42.5 Å². The van der Waals surface area contributed by atoms with Crippen molar-refractivity contribution in [3.05, 3.63) is 65.2 Å². The van der Waals surface area contributed by atoms with Crippen LogP contribution in [0.25, 0.3) is 0 Å². The van der Waals surface area contributed by atoms with Crippen LogP contribution in [0.1, 0.15) is 16.7 Å². The van der Waals surface area contributed by atoms with E-state index in [1.54, 1.807) is 0 Å². The highest BCUT2D eigenvalue weighted by molar-refractivity contribution is 6.03. The Morgan fingerprint density at radius 1 is 0.889 bits per heavy atom. The molecule has 2 nitrogen and oxygen atoms in total. The first-order chi connectivity index (χ1) is 8.92. The average Bonchev–Trinajstić information content (AvgIpc) is 2.45. The van der Waals surface area contributed by atoms with Crippen LogP contribution in [0.15, 0.2) is 53.5 Å². The van der Waals surface area contributed by atoms with Crippen molar-refractivity contribution in [2.45, 2.75) is 13.0 Å². The summed E-state index contributed by atoms with van der Waals surface area (Å²) in [5.74, 6) is 1.15. The second-order valence-electron chi connectivity index (χ2n) is 4.89. The van der Waals surface area contributed by atoms with Gasteiger partial charge < -0.3 is 4.90 Å². The third-order valence-electron chi connectivity index (χ3n) is 3.79. The number of hydrogen-bond donors (Lipinski definition) is 0. The third-order valence-corrected chi connectivity index (χ3v) is 3.79. The molecule has 0 aromatic heterocycles. The van der Waals surface area contributed by atoms with Gasteiger partial charge in [-0.3, -0.25) is 0 Å². The minimum atomic E-state index is 0.989. The fourth-order valence-electron chi connectivity index (χ4n) is 2.85. The molecule has 0 unspecified atom stereocenters. The number of para-hydroxylation sites is 1. The van der Waals surface area contributed by atoms with Gasteiger partial charge in [-0.05, 0) is 23.6 Å². The largest absolute Gasteiger partial charge is 0.351 e. The van der Waals surface area contributed by atoms with E-state index in [-0.39, 0.29) is 0 Å². The first-order valence-corrected chi connectivity index (χ1v) is 6.42. The second-order valence-corrected chi connectivity index (χ2v) is 4.89. The molecule has 2 aromatic rings. The summed E-state index contributed by atoms with van der Waals surface area (Å²) < 4.78 is 0. The Kier molecular flexibility index (Phi) is 2.04. The smallest absolute Gasteiger partial charge is 0.137 e. The minimum Gasteiger partial charge on any atom is -0.351 e. The summed E-state index contributed by atoms with van der Waals surface area (Å²) in [7, 11) is 0. The molecule has 88 valence electrons. The molecule has 2 aliphatic heterocycles. The normalized spacial score (nSPS) is 16.4. The van der Waals surface area contributed by atoms with Gasteiger partial charge in [0, 0.05) is 18.7 Å². The topological polar surface area (TPSA) is 15.6 Å². The van der Waals surface area contributed by atoms with Crippen molar-refractivity contribution in [2.24, 2.45) is 4.99 Å². The summed E-state index contributed by atoms with van der Waals surface area (Å²) in [4.78, 5) is 7.24. The van der Waals surface area contributed by atoms with E-state index in [9.17, 15) is 0 Å². The Hall–Kier alpha value is -2.09. The Labute approximate surface area is 107 Å². The summed E-state index contributed by atoms with van der Waals surface area (Å²) in [5.41, 5.74) is 5.19. The van der Waals surface area contributed by atoms with Crippen molar-refractivity contribution in [1.29, 1.82) is 0 Å². The fourth-order valence-corrected chi connectivity index (χ4v) is 2.85. The van der Waals surface area contributed by atoms with E-state index in [1.807, 2.05) is 0 Å². The lowest BCUT2D eigenvalue weighted by molar-refractivity contribution is 0.402. The first-order valence-electron chi connectivity index (χ1n) is 6.42. The van der Waals surface area contributed by atoms with Gasteiger partial charge in [0.05, 0.1) is 5.69 Å². The fraction of sp³-hybridized carbons (Fsp3) is 0.188. The number of hydrogen-bond acceptors (Lipinski definition) is 2. The molecule has 0 saturated heterocycles. The predicted molar refractivity (Wildman–Crippen MR) is 73.2 cm³/mol. The van der Waals surface area contributed by atoms with Crippen molar-refractivity contribution in [2.75, 3.05) is 6.54 Å². The predicted octanol–water partition coefficient (Wildman–Crippen LogP) is 3.14. The SMILES string of the molecule is c1ccc2c(c1)CN1CCc3ccccc3C1=N2. The quantitative estimate of drug-likeness (QED) is 0.683. The van der Waals surface area contributed by atoms with Gasteiger partial charge in [-0.15, -0.1) is 0 Å². The molecule has 0 aliphatic carbocycles. The van der Waals surface area contributed by atoms with E-state index >= 15 is 0 Å². The zero-order chi connectivity index (χ0) is 11.9. The molecule has 2 heteroatoms. The molecule has 18 heavy (non-hydrogen) atoms.